The Morgan fingerprint density at radius 3 is 2.67 bits per heavy atom. The third-order valence-corrected chi connectivity index (χ3v) is 4.35. The van der Waals surface area contributed by atoms with E-state index in [9.17, 15) is 22.8 Å². The summed E-state index contributed by atoms with van der Waals surface area (Å²) < 4.78 is 42.8. The van der Waals surface area contributed by atoms with Gasteiger partial charge in [-0.3, -0.25) is 9.59 Å². The van der Waals surface area contributed by atoms with E-state index in [0.29, 0.717) is 10.6 Å². The molecule has 8 heteroatoms. The third kappa shape index (κ3) is 5.12. The van der Waals surface area contributed by atoms with Gasteiger partial charge >= 0.3 is 6.18 Å². The molecule has 2 aromatic rings. The number of benzene rings is 2. The number of fused-ring (bicyclic) bond motifs is 1. The van der Waals surface area contributed by atoms with Crippen molar-refractivity contribution in [1.29, 1.82) is 0 Å². The lowest BCUT2D eigenvalue weighted by Gasteiger charge is -2.18. The Bertz CT molecular complexity index is 838. The van der Waals surface area contributed by atoms with E-state index >= 15 is 0 Å². The van der Waals surface area contributed by atoms with Gasteiger partial charge in [-0.2, -0.15) is 13.2 Å². The molecular weight excluding hydrogens is 361 g/mol. The zero-order valence-electron chi connectivity index (χ0n) is 14.5. The second-order valence-corrected chi connectivity index (χ2v) is 6.44. The highest BCUT2D eigenvalue weighted by molar-refractivity contribution is 5.89. The van der Waals surface area contributed by atoms with Crippen LogP contribution in [0.3, 0.4) is 0 Å². The summed E-state index contributed by atoms with van der Waals surface area (Å²) in [5.74, 6) is -1.19. The number of carbonyl (C=O) groups is 2. The number of halogens is 3. The molecule has 0 bridgehead atoms. The van der Waals surface area contributed by atoms with E-state index in [0.717, 1.165) is 10.8 Å². The van der Waals surface area contributed by atoms with E-state index in [4.69, 9.17) is 4.74 Å². The van der Waals surface area contributed by atoms with Gasteiger partial charge in [-0.1, -0.05) is 30.3 Å². The molecule has 0 spiro atoms. The number of ether oxygens (including phenoxy) is 1. The van der Waals surface area contributed by atoms with Gasteiger partial charge in [-0.25, -0.2) is 0 Å². The SMILES string of the molecule is O=C(NCCOc1ccc2ccccc2c1)[C@@H]1CC(=O)N(CC(F)(F)F)C1. The van der Waals surface area contributed by atoms with Gasteiger partial charge in [0.25, 0.3) is 0 Å². The van der Waals surface area contributed by atoms with Crippen molar-refractivity contribution in [3.05, 3.63) is 42.5 Å². The molecule has 1 aliphatic heterocycles. The van der Waals surface area contributed by atoms with E-state index in [1.807, 2.05) is 42.5 Å². The molecule has 2 amide bonds. The summed E-state index contributed by atoms with van der Waals surface area (Å²) >= 11 is 0. The molecule has 3 rings (SSSR count). The van der Waals surface area contributed by atoms with Crippen molar-refractivity contribution < 1.29 is 27.5 Å². The Hall–Kier alpha value is -2.77. The first-order valence-corrected chi connectivity index (χ1v) is 8.56. The van der Waals surface area contributed by atoms with Crippen molar-refractivity contribution in [3.8, 4) is 5.75 Å². The predicted octanol–water partition coefficient (Wildman–Crippen LogP) is 2.75. The Balaban J connectivity index is 1.43. The molecule has 1 heterocycles. The Morgan fingerprint density at radius 2 is 1.93 bits per heavy atom. The molecule has 0 unspecified atom stereocenters. The molecule has 5 nitrogen and oxygen atoms in total. The monoisotopic (exact) mass is 380 g/mol. The summed E-state index contributed by atoms with van der Waals surface area (Å²) in [7, 11) is 0. The van der Waals surface area contributed by atoms with Crippen molar-refractivity contribution in [1.82, 2.24) is 10.2 Å². The summed E-state index contributed by atoms with van der Waals surface area (Å²) in [6.45, 7) is -1.11. The van der Waals surface area contributed by atoms with Gasteiger partial charge in [0.15, 0.2) is 0 Å². The van der Waals surface area contributed by atoms with Gasteiger partial charge in [-0.05, 0) is 22.9 Å². The number of amides is 2. The molecule has 144 valence electrons. The molecule has 0 aliphatic carbocycles. The third-order valence-electron chi connectivity index (χ3n) is 4.35. The first-order chi connectivity index (χ1) is 12.8. The van der Waals surface area contributed by atoms with Crippen LogP contribution in [-0.2, 0) is 9.59 Å². The topological polar surface area (TPSA) is 58.6 Å². The van der Waals surface area contributed by atoms with Crippen LogP contribution in [0.2, 0.25) is 0 Å². The van der Waals surface area contributed by atoms with Crippen LogP contribution < -0.4 is 10.1 Å². The largest absolute Gasteiger partial charge is 0.492 e. The minimum atomic E-state index is -4.46. The van der Waals surface area contributed by atoms with Crippen molar-refractivity contribution >= 4 is 22.6 Å². The molecule has 27 heavy (non-hydrogen) atoms. The van der Waals surface area contributed by atoms with Gasteiger partial charge in [0.05, 0.1) is 12.5 Å². The second-order valence-electron chi connectivity index (χ2n) is 6.44. The quantitative estimate of drug-likeness (QED) is 0.784. The molecule has 0 aromatic heterocycles. The van der Waals surface area contributed by atoms with Crippen molar-refractivity contribution in [2.45, 2.75) is 12.6 Å². The first-order valence-electron chi connectivity index (χ1n) is 8.56. The first kappa shape index (κ1) is 19.0. The number of alkyl halides is 3. The highest BCUT2D eigenvalue weighted by Crippen LogP contribution is 2.24. The minimum absolute atomic E-state index is 0.201. The van der Waals surface area contributed by atoms with Gasteiger partial charge in [0.2, 0.25) is 11.8 Å². The van der Waals surface area contributed by atoms with Crippen LogP contribution in [0.1, 0.15) is 6.42 Å². The molecular formula is C19H19F3N2O3. The maximum atomic E-state index is 12.4. The summed E-state index contributed by atoms with van der Waals surface area (Å²) in [6.07, 6.45) is -4.66. The van der Waals surface area contributed by atoms with Crippen LogP contribution in [0.5, 0.6) is 5.75 Å². The van der Waals surface area contributed by atoms with E-state index in [1.54, 1.807) is 0 Å². The average Bonchev–Trinajstić information content (AvgIpc) is 2.97. The fourth-order valence-electron chi connectivity index (χ4n) is 3.06. The molecule has 0 radical (unpaired) electrons. The number of nitrogens with one attached hydrogen (secondary N) is 1. The second kappa shape index (κ2) is 7.85. The summed E-state index contributed by atoms with van der Waals surface area (Å²) in [4.78, 5) is 24.3. The van der Waals surface area contributed by atoms with Crippen LogP contribution in [0.15, 0.2) is 42.5 Å². The van der Waals surface area contributed by atoms with Crippen molar-refractivity contribution in [2.75, 3.05) is 26.2 Å². The van der Waals surface area contributed by atoms with E-state index < -0.39 is 30.5 Å². The van der Waals surface area contributed by atoms with E-state index in [1.165, 1.54) is 0 Å². The Morgan fingerprint density at radius 1 is 1.19 bits per heavy atom. The van der Waals surface area contributed by atoms with Gasteiger partial charge in [-0.15, -0.1) is 0 Å². The Labute approximate surface area is 154 Å². The number of hydrogen-bond acceptors (Lipinski definition) is 3. The predicted molar refractivity (Wildman–Crippen MR) is 93.2 cm³/mol. The molecule has 1 atom stereocenters. The van der Waals surface area contributed by atoms with Crippen LogP contribution in [-0.4, -0.2) is 49.1 Å². The summed E-state index contributed by atoms with van der Waals surface area (Å²) in [6, 6.07) is 13.5. The minimum Gasteiger partial charge on any atom is -0.492 e. The number of nitrogens with zero attached hydrogens (tertiary/aromatic N) is 1. The van der Waals surface area contributed by atoms with Crippen molar-refractivity contribution in [2.24, 2.45) is 5.92 Å². The number of hydrogen-bond donors (Lipinski definition) is 1. The molecule has 1 fully saturated rings. The number of likely N-dealkylation sites (tertiary alicyclic amines) is 1. The zero-order chi connectivity index (χ0) is 19.4. The lowest BCUT2D eigenvalue weighted by Crippen LogP contribution is -2.38. The highest BCUT2D eigenvalue weighted by Gasteiger charge is 2.40. The van der Waals surface area contributed by atoms with Crippen LogP contribution in [0, 0.1) is 5.92 Å². The van der Waals surface area contributed by atoms with E-state index in [2.05, 4.69) is 5.32 Å². The fraction of sp³-hybridized carbons (Fsp3) is 0.368. The lowest BCUT2D eigenvalue weighted by molar-refractivity contribution is -0.157. The van der Waals surface area contributed by atoms with Crippen LogP contribution >= 0.6 is 0 Å². The standard InChI is InChI=1S/C19H19F3N2O3/c20-19(21,22)12-24-11-15(10-17(24)25)18(26)23-7-8-27-16-6-5-13-3-1-2-4-14(13)9-16/h1-6,9,15H,7-8,10-12H2,(H,23,26)/t15-/m1/s1. The lowest BCUT2D eigenvalue weighted by atomic mass is 10.1. The molecule has 1 saturated heterocycles. The van der Waals surface area contributed by atoms with E-state index in [-0.39, 0.29) is 26.1 Å². The summed E-state index contributed by atoms with van der Waals surface area (Å²) in [5.41, 5.74) is 0. The number of rotatable bonds is 6. The van der Waals surface area contributed by atoms with Gasteiger partial charge in [0, 0.05) is 13.0 Å². The number of carbonyl (C=O) groups excluding carboxylic acids is 2. The van der Waals surface area contributed by atoms with Crippen molar-refractivity contribution in [3.63, 3.8) is 0 Å². The maximum Gasteiger partial charge on any atom is 0.406 e. The molecule has 0 saturated carbocycles. The average molecular weight is 380 g/mol. The van der Waals surface area contributed by atoms with Gasteiger partial charge < -0.3 is 15.0 Å². The normalized spacial score (nSPS) is 17.4. The highest BCUT2D eigenvalue weighted by atomic mass is 19.4. The molecule has 2 aromatic carbocycles. The fourth-order valence-corrected chi connectivity index (χ4v) is 3.06. The van der Waals surface area contributed by atoms with Gasteiger partial charge in [0.1, 0.15) is 18.9 Å². The smallest absolute Gasteiger partial charge is 0.406 e. The summed E-state index contributed by atoms with van der Waals surface area (Å²) in [5, 5.41) is 4.74. The van der Waals surface area contributed by atoms with Crippen LogP contribution in [0.25, 0.3) is 10.8 Å². The maximum absolute atomic E-state index is 12.4. The Kier molecular flexibility index (Phi) is 5.53. The molecule has 1 aliphatic rings. The molecule has 1 N–H and O–H groups in total. The van der Waals surface area contributed by atoms with Crippen LogP contribution in [0.4, 0.5) is 13.2 Å². The zero-order valence-corrected chi connectivity index (χ0v) is 14.5.